The minimum atomic E-state index is -3.84. The molecule has 3 rings (SSSR count). The lowest BCUT2D eigenvalue weighted by Gasteiger charge is -2.16. The third-order valence-electron chi connectivity index (χ3n) is 4.80. The first-order valence-electron chi connectivity index (χ1n) is 9.17. The fourth-order valence-electron chi connectivity index (χ4n) is 3.44. The molecule has 0 unspecified atom stereocenters. The van der Waals surface area contributed by atoms with Crippen LogP contribution in [0.3, 0.4) is 0 Å². The van der Waals surface area contributed by atoms with Crippen molar-refractivity contribution in [3.05, 3.63) is 59.3 Å². The Labute approximate surface area is 165 Å². The van der Waals surface area contributed by atoms with Gasteiger partial charge in [0, 0.05) is 23.3 Å². The van der Waals surface area contributed by atoms with E-state index in [0.717, 1.165) is 34.3 Å². The number of aryl methyl sites for hydroxylation is 1. The van der Waals surface area contributed by atoms with Crippen molar-refractivity contribution in [2.75, 3.05) is 19.0 Å². The largest absolute Gasteiger partial charge is 0.495 e. The van der Waals surface area contributed by atoms with Gasteiger partial charge in [0.2, 0.25) is 10.0 Å². The Hall–Kier alpha value is -2.64. The molecule has 148 valence electrons. The van der Waals surface area contributed by atoms with E-state index in [1.807, 2.05) is 31.2 Å². The maximum absolute atomic E-state index is 11.8. The predicted molar refractivity (Wildman–Crippen MR) is 112 cm³/mol. The minimum Gasteiger partial charge on any atom is -0.495 e. The molecule has 6 nitrogen and oxygen atoms in total. The van der Waals surface area contributed by atoms with Crippen LogP contribution in [0.4, 0.5) is 5.69 Å². The van der Waals surface area contributed by atoms with Crippen LogP contribution in [0.2, 0.25) is 0 Å². The van der Waals surface area contributed by atoms with Gasteiger partial charge in [-0.2, -0.15) is 0 Å². The van der Waals surface area contributed by atoms with Crippen LogP contribution in [-0.2, 0) is 22.9 Å². The second-order valence-electron chi connectivity index (χ2n) is 6.63. The summed E-state index contributed by atoms with van der Waals surface area (Å²) in [6.45, 7) is 4.79. The third-order valence-corrected chi connectivity index (χ3v) is 5.74. The van der Waals surface area contributed by atoms with E-state index in [4.69, 9.17) is 14.9 Å². The standard InChI is InChI=1S/C21H25N3O3S/c1-4-16-14(2)24-18-8-6-5-7-17(18)21(16)23-12-11-15-9-10-19(27-3)20(13-15)28(22,25)26/h5-10,13H,4,11-12H2,1-3H3,(H,23,24)(H2,22,25,26). The van der Waals surface area contributed by atoms with E-state index in [-0.39, 0.29) is 10.6 Å². The summed E-state index contributed by atoms with van der Waals surface area (Å²) in [7, 11) is -2.42. The summed E-state index contributed by atoms with van der Waals surface area (Å²) in [6.07, 6.45) is 1.52. The number of ether oxygens (including phenoxy) is 1. The number of methoxy groups -OCH3 is 1. The number of anilines is 1. The Balaban J connectivity index is 1.86. The van der Waals surface area contributed by atoms with E-state index < -0.39 is 10.0 Å². The lowest BCUT2D eigenvalue weighted by atomic mass is 10.0. The molecule has 3 N–H and O–H groups in total. The molecule has 1 heterocycles. The van der Waals surface area contributed by atoms with Crippen LogP contribution in [0.15, 0.2) is 47.4 Å². The van der Waals surface area contributed by atoms with Crippen LogP contribution in [0.1, 0.15) is 23.7 Å². The summed E-state index contributed by atoms with van der Waals surface area (Å²) in [4.78, 5) is 4.70. The molecule has 0 radical (unpaired) electrons. The van der Waals surface area contributed by atoms with Crippen molar-refractivity contribution in [2.45, 2.75) is 31.6 Å². The van der Waals surface area contributed by atoms with Gasteiger partial charge in [0.25, 0.3) is 0 Å². The molecule has 28 heavy (non-hydrogen) atoms. The lowest BCUT2D eigenvalue weighted by molar-refractivity contribution is 0.402. The highest BCUT2D eigenvalue weighted by molar-refractivity contribution is 7.89. The number of aromatic nitrogens is 1. The lowest BCUT2D eigenvalue weighted by Crippen LogP contribution is -2.14. The van der Waals surface area contributed by atoms with Crippen molar-refractivity contribution in [3.8, 4) is 5.75 Å². The van der Waals surface area contributed by atoms with Gasteiger partial charge in [-0.1, -0.05) is 31.2 Å². The van der Waals surface area contributed by atoms with Crippen LogP contribution >= 0.6 is 0 Å². The van der Waals surface area contributed by atoms with E-state index in [1.54, 1.807) is 12.1 Å². The normalized spacial score (nSPS) is 11.6. The maximum Gasteiger partial charge on any atom is 0.241 e. The Morgan fingerprint density at radius 3 is 2.61 bits per heavy atom. The number of hydrogen-bond donors (Lipinski definition) is 2. The van der Waals surface area contributed by atoms with Gasteiger partial charge in [-0.25, -0.2) is 13.6 Å². The summed E-state index contributed by atoms with van der Waals surface area (Å²) in [5, 5.41) is 9.93. The topological polar surface area (TPSA) is 94.3 Å². The van der Waals surface area contributed by atoms with Crippen LogP contribution in [0.25, 0.3) is 10.9 Å². The van der Waals surface area contributed by atoms with E-state index in [2.05, 4.69) is 18.3 Å². The number of pyridine rings is 1. The Bertz CT molecular complexity index is 1110. The van der Waals surface area contributed by atoms with Crippen molar-refractivity contribution in [3.63, 3.8) is 0 Å². The van der Waals surface area contributed by atoms with Gasteiger partial charge in [0.05, 0.1) is 12.6 Å². The highest BCUT2D eigenvalue weighted by Gasteiger charge is 2.16. The van der Waals surface area contributed by atoms with E-state index in [0.29, 0.717) is 13.0 Å². The summed E-state index contributed by atoms with van der Waals surface area (Å²) in [5.41, 5.74) is 5.13. The fourth-order valence-corrected chi connectivity index (χ4v) is 4.19. The number of hydrogen-bond acceptors (Lipinski definition) is 5. The zero-order valence-electron chi connectivity index (χ0n) is 16.3. The zero-order valence-corrected chi connectivity index (χ0v) is 17.1. The average molecular weight is 400 g/mol. The van der Waals surface area contributed by atoms with Gasteiger partial charge in [0.15, 0.2) is 0 Å². The molecule has 0 saturated heterocycles. The van der Waals surface area contributed by atoms with Gasteiger partial charge < -0.3 is 10.1 Å². The highest BCUT2D eigenvalue weighted by atomic mass is 32.2. The molecule has 0 spiro atoms. The number of primary sulfonamides is 1. The van der Waals surface area contributed by atoms with Gasteiger partial charge in [0.1, 0.15) is 10.6 Å². The minimum absolute atomic E-state index is 0.00644. The van der Waals surface area contributed by atoms with Crippen LogP contribution < -0.4 is 15.2 Å². The first-order chi connectivity index (χ1) is 13.3. The van der Waals surface area contributed by atoms with Crippen molar-refractivity contribution >= 4 is 26.6 Å². The van der Waals surface area contributed by atoms with Gasteiger partial charge >= 0.3 is 0 Å². The summed E-state index contributed by atoms with van der Waals surface area (Å²) < 4.78 is 28.7. The molecule has 0 fully saturated rings. The first kappa shape index (κ1) is 20.1. The van der Waals surface area contributed by atoms with Crippen molar-refractivity contribution in [2.24, 2.45) is 5.14 Å². The highest BCUT2D eigenvalue weighted by Crippen LogP contribution is 2.29. The molecule has 0 saturated carbocycles. The van der Waals surface area contributed by atoms with Gasteiger partial charge in [-0.3, -0.25) is 4.98 Å². The summed E-state index contributed by atoms with van der Waals surface area (Å²) in [6, 6.07) is 13.1. The number of sulfonamides is 1. The molecule has 3 aromatic rings. The second-order valence-corrected chi connectivity index (χ2v) is 8.16. The van der Waals surface area contributed by atoms with Crippen LogP contribution in [0, 0.1) is 6.92 Å². The SMILES string of the molecule is CCc1c(C)nc2ccccc2c1NCCc1ccc(OC)c(S(N)(=O)=O)c1. The van der Waals surface area contributed by atoms with Gasteiger partial charge in [-0.15, -0.1) is 0 Å². The molecular formula is C21H25N3O3S. The number of benzene rings is 2. The van der Waals surface area contributed by atoms with E-state index in [1.165, 1.54) is 12.7 Å². The van der Waals surface area contributed by atoms with Crippen molar-refractivity contribution in [1.82, 2.24) is 4.98 Å². The monoisotopic (exact) mass is 399 g/mol. The Morgan fingerprint density at radius 1 is 1.18 bits per heavy atom. The van der Waals surface area contributed by atoms with E-state index in [9.17, 15) is 8.42 Å². The fraction of sp³-hybridized carbons (Fsp3) is 0.286. The van der Waals surface area contributed by atoms with Gasteiger partial charge in [-0.05, 0) is 49.1 Å². The second kappa shape index (κ2) is 8.16. The molecule has 0 aliphatic rings. The number of fused-ring (bicyclic) bond motifs is 1. The molecule has 0 aliphatic carbocycles. The molecule has 0 amide bonds. The zero-order chi connectivity index (χ0) is 20.3. The Morgan fingerprint density at radius 2 is 1.93 bits per heavy atom. The van der Waals surface area contributed by atoms with Crippen molar-refractivity contribution < 1.29 is 13.2 Å². The molecular weight excluding hydrogens is 374 g/mol. The third kappa shape index (κ3) is 4.10. The smallest absolute Gasteiger partial charge is 0.241 e. The molecule has 2 aromatic carbocycles. The number of nitrogens with two attached hydrogens (primary N) is 1. The molecule has 0 aliphatic heterocycles. The molecule has 1 aromatic heterocycles. The molecule has 0 bridgehead atoms. The van der Waals surface area contributed by atoms with Crippen molar-refractivity contribution in [1.29, 1.82) is 0 Å². The maximum atomic E-state index is 11.8. The predicted octanol–water partition coefficient (Wildman–Crippen LogP) is 3.42. The number of rotatable bonds is 7. The quantitative estimate of drug-likeness (QED) is 0.635. The molecule has 0 atom stereocenters. The summed E-state index contributed by atoms with van der Waals surface area (Å²) >= 11 is 0. The molecule has 7 heteroatoms. The number of nitrogens with zero attached hydrogens (tertiary/aromatic N) is 1. The average Bonchev–Trinajstić information content (AvgIpc) is 2.67. The first-order valence-corrected chi connectivity index (χ1v) is 10.7. The van der Waals surface area contributed by atoms with Crippen LogP contribution in [-0.4, -0.2) is 27.1 Å². The van der Waals surface area contributed by atoms with E-state index >= 15 is 0 Å². The number of para-hydroxylation sites is 1. The Kier molecular flexibility index (Phi) is 5.86. The van der Waals surface area contributed by atoms with Crippen LogP contribution in [0.5, 0.6) is 5.75 Å². The number of nitrogens with one attached hydrogen (secondary N) is 1. The summed E-state index contributed by atoms with van der Waals surface area (Å²) in [5.74, 6) is 0.253.